The van der Waals surface area contributed by atoms with Gasteiger partial charge in [-0.2, -0.15) is 0 Å². The molecule has 0 fully saturated rings. The summed E-state index contributed by atoms with van der Waals surface area (Å²) < 4.78 is 24.5. The molecule has 33 heavy (non-hydrogen) atoms. The third kappa shape index (κ3) is 6.19. The van der Waals surface area contributed by atoms with E-state index in [-0.39, 0.29) is 18.0 Å². The molecule has 2 atom stereocenters. The Bertz CT molecular complexity index is 1110. The van der Waals surface area contributed by atoms with Crippen molar-refractivity contribution in [2.24, 2.45) is 5.92 Å². The van der Waals surface area contributed by atoms with Gasteiger partial charge in [-0.1, -0.05) is 38.1 Å². The Morgan fingerprint density at radius 1 is 1.21 bits per heavy atom. The van der Waals surface area contributed by atoms with Crippen LogP contribution in [0.15, 0.2) is 53.1 Å². The van der Waals surface area contributed by atoms with Gasteiger partial charge in [-0.3, -0.25) is 9.59 Å². The Hall–Kier alpha value is -3.68. The lowest BCUT2D eigenvalue weighted by Crippen LogP contribution is -2.38. The van der Waals surface area contributed by atoms with E-state index in [0.717, 1.165) is 11.1 Å². The highest BCUT2D eigenvalue weighted by Crippen LogP contribution is 2.31. The molecular weight excluding hydrogens is 427 g/mol. The number of benzene rings is 2. The number of carbonyl (C=O) groups is 2. The third-order valence-corrected chi connectivity index (χ3v) is 5.38. The molecule has 3 aromatic rings. The number of hydrogen-bond acceptors (Lipinski definition) is 5. The Morgan fingerprint density at radius 2 is 1.94 bits per heavy atom. The van der Waals surface area contributed by atoms with Crippen LogP contribution in [0.5, 0.6) is 5.75 Å². The number of carboxylic acids is 1. The molecule has 1 heterocycles. The molecule has 8 heteroatoms. The molecule has 1 unspecified atom stereocenters. The smallest absolute Gasteiger partial charge is 0.306 e. The van der Waals surface area contributed by atoms with E-state index in [9.17, 15) is 19.1 Å². The van der Waals surface area contributed by atoms with E-state index in [1.54, 1.807) is 13.0 Å². The average Bonchev–Trinajstić information content (AvgIpc) is 3.29. The number of halogens is 1. The van der Waals surface area contributed by atoms with E-state index < -0.39 is 23.8 Å². The molecule has 0 aliphatic heterocycles. The van der Waals surface area contributed by atoms with Crippen LogP contribution in [0.25, 0.3) is 11.1 Å². The maximum atomic E-state index is 13.7. The highest BCUT2D eigenvalue weighted by molar-refractivity contribution is 5.91. The summed E-state index contributed by atoms with van der Waals surface area (Å²) >= 11 is 0. The van der Waals surface area contributed by atoms with Crippen molar-refractivity contribution in [1.82, 2.24) is 10.3 Å². The van der Waals surface area contributed by atoms with Crippen molar-refractivity contribution in [1.29, 1.82) is 0 Å². The maximum Gasteiger partial charge on any atom is 0.306 e. The molecule has 2 N–H and O–H groups in total. The second kappa shape index (κ2) is 10.8. The zero-order chi connectivity index (χ0) is 24.0. The van der Waals surface area contributed by atoms with Crippen LogP contribution in [0, 0.1) is 11.7 Å². The minimum absolute atomic E-state index is 0.0911. The van der Waals surface area contributed by atoms with Crippen LogP contribution in [-0.4, -0.2) is 35.1 Å². The Morgan fingerprint density at radius 3 is 2.55 bits per heavy atom. The summed E-state index contributed by atoms with van der Waals surface area (Å²) in [4.78, 5) is 28.1. The largest absolute Gasteiger partial charge is 0.496 e. The number of amides is 1. The number of ether oxygens (including phenoxy) is 1. The molecule has 174 valence electrons. The van der Waals surface area contributed by atoms with Crippen molar-refractivity contribution in [2.45, 2.75) is 39.2 Å². The highest BCUT2D eigenvalue weighted by atomic mass is 19.1. The number of aromatic nitrogens is 1. The summed E-state index contributed by atoms with van der Waals surface area (Å²) in [5.74, 6) is -1.27. The third-order valence-electron chi connectivity index (χ3n) is 5.38. The van der Waals surface area contributed by atoms with Crippen molar-refractivity contribution in [3.05, 3.63) is 71.7 Å². The van der Waals surface area contributed by atoms with Crippen molar-refractivity contribution in [3.63, 3.8) is 0 Å². The van der Waals surface area contributed by atoms with Gasteiger partial charge in [-0.15, -0.1) is 0 Å². The molecule has 7 nitrogen and oxygen atoms in total. The number of carbonyl (C=O) groups excluding carboxylic acids is 1. The molecule has 0 radical (unpaired) electrons. The average molecular weight is 454 g/mol. The molecule has 0 saturated heterocycles. The van der Waals surface area contributed by atoms with Crippen LogP contribution in [0.1, 0.15) is 42.3 Å². The van der Waals surface area contributed by atoms with Gasteiger partial charge in [0, 0.05) is 18.0 Å². The Balaban J connectivity index is 1.78. The number of methoxy groups -OCH3 is 1. The van der Waals surface area contributed by atoms with Crippen molar-refractivity contribution in [3.8, 4) is 16.9 Å². The molecule has 0 bridgehead atoms. The first-order chi connectivity index (χ1) is 15.8. The molecule has 0 aliphatic carbocycles. The zero-order valence-corrected chi connectivity index (χ0v) is 18.8. The molecular formula is C25H27FN2O5. The van der Waals surface area contributed by atoms with Crippen molar-refractivity contribution in [2.75, 3.05) is 7.11 Å². The van der Waals surface area contributed by atoms with Gasteiger partial charge < -0.3 is 19.6 Å². The Labute approximate surface area is 191 Å². The van der Waals surface area contributed by atoms with E-state index in [4.69, 9.17) is 9.15 Å². The number of nitrogens with zero attached hydrogens (tertiary/aromatic N) is 1. The minimum atomic E-state index is -0.935. The van der Waals surface area contributed by atoms with Gasteiger partial charge in [0.15, 0.2) is 5.89 Å². The lowest BCUT2D eigenvalue weighted by molar-refractivity contribution is -0.141. The number of nitrogens with one attached hydrogen (secondary N) is 1. The normalized spacial score (nSPS) is 12.7. The van der Waals surface area contributed by atoms with Gasteiger partial charge in [0.05, 0.1) is 19.2 Å². The van der Waals surface area contributed by atoms with Crippen LogP contribution in [0.4, 0.5) is 4.39 Å². The predicted octanol–water partition coefficient (Wildman–Crippen LogP) is 4.50. The molecule has 0 spiro atoms. The standard InChI is InChI=1S/C25H27FN2O5/c1-4-23-27-14-22(33-23)24(29)28-19(11-15(2)25(30)31)12-16-5-7-17(8-6-16)20-13-18(26)9-10-21(20)32-3/h5-10,13-15,19H,4,11-12H2,1-3H3,(H,28,29)(H,30,31)/t15-,19?/m0/s1. The summed E-state index contributed by atoms with van der Waals surface area (Å²) in [5.41, 5.74) is 2.30. The quantitative estimate of drug-likeness (QED) is 0.468. The predicted molar refractivity (Wildman–Crippen MR) is 121 cm³/mol. The first-order valence-corrected chi connectivity index (χ1v) is 10.7. The maximum absolute atomic E-state index is 13.7. The fourth-order valence-electron chi connectivity index (χ4n) is 3.57. The number of rotatable bonds is 10. The number of oxazole rings is 1. The number of hydrogen-bond donors (Lipinski definition) is 2. The van der Waals surface area contributed by atoms with Gasteiger partial charge in [0.1, 0.15) is 11.6 Å². The van der Waals surface area contributed by atoms with Gasteiger partial charge in [-0.05, 0) is 42.2 Å². The fourth-order valence-corrected chi connectivity index (χ4v) is 3.57. The number of aryl methyl sites for hydroxylation is 1. The van der Waals surface area contributed by atoms with Crippen molar-refractivity contribution < 1.29 is 28.2 Å². The summed E-state index contributed by atoms with van der Waals surface area (Å²) in [6, 6.07) is 11.3. The van der Waals surface area contributed by atoms with E-state index in [1.807, 2.05) is 31.2 Å². The van der Waals surface area contributed by atoms with Crippen LogP contribution >= 0.6 is 0 Å². The topological polar surface area (TPSA) is 102 Å². The lowest BCUT2D eigenvalue weighted by Gasteiger charge is -2.20. The number of carboxylic acid groups (broad SMARTS) is 1. The highest BCUT2D eigenvalue weighted by Gasteiger charge is 2.23. The summed E-state index contributed by atoms with van der Waals surface area (Å²) in [5, 5.41) is 12.2. The summed E-state index contributed by atoms with van der Waals surface area (Å²) in [7, 11) is 1.53. The monoisotopic (exact) mass is 454 g/mol. The van der Waals surface area contributed by atoms with Crippen molar-refractivity contribution >= 4 is 11.9 Å². The molecule has 1 amide bonds. The summed E-state index contributed by atoms with van der Waals surface area (Å²) in [6.07, 6.45) is 2.59. The summed E-state index contributed by atoms with van der Waals surface area (Å²) in [6.45, 7) is 3.47. The molecule has 0 saturated carbocycles. The minimum Gasteiger partial charge on any atom is -0.496 e. The molecule has 3 rings (SSSR count). The first-order valence-electron chi connectivity index (χ1n) is 10.7. The second-order valence-electron chi connectivity index (χ2n) is 7.86. The van der Waals surface area contributed by atoms with Crippen LogP contribution in [-0.2, 0) is 17.6 Å². The van der Waals surface area contributed by atoms with E-state index >= 15 is 0 Å². The van der Waals surface area contributed by atoms with Crippen LogP contribution < -0.4 is 10.1 Å². The first kappa shape index (κ1) is 24.0. The van der Waals surface area contributed by atoms with Gasteiger partial charge in [0.2, 0.25) is 5.76 Å². The van der Waals surface area contributed by atoms with E-state index in [2.05, 4.69) is 10.3 Å². The van der Waals surface area contributed by atoms with Gasteiger partial charge >= 0.3 is 5.97 Å². The lowest BCUT2D eigenvalue weighted by atomic mass is 9.94. The van der Waals surface area contributed by atoms with E-state index in [0.29, 0.717) is 30.0 Å². The van der Waals surface area contributed by atoms with Gasteiger partial charge in [-0.25, -0.2) is 9.37 Å². The van der Waals surface area contributed by atoms with E-state index in [1.165, 1.54) is 25.4 Å². The fraction of sp³-hybridized carbons (Fsp3) is 0.320. The molecule has 1 aromatic heterocycles. The van der Waals surface area contributed by atoms with Gasteiger partial charge in [0.25, 0.3) is 5.91 Å². The molecule has 0 aliphatic rings. The zero-order valence-electron chi connectivity index (χ0n) is 18.8. The SMILES string of the molecule is CCc1ncc(C(=O)NC(Cc2ccc(-c3cc(F)ccc3OC)cc2)C[C@H](C)C(=O)O)o1. The number of aliphatic carboxylic acids is 1. The molecule has 2 aromatic carbocycles. The van der Waals surface area contributed by atoms with Crippen LogP contribution in [0.2, 0.25) is 0 Å². The van der Waals surface area contributed by atoms with Crippen LogP contribution in [0.3, 0.4) is 0 Å². The Kier molecular flexibility index (Phi) is 7.82. The second-order valence-corrected chi connectivity index (χ2v) is 7.86.